The Hall–Kier alpha value is -0.330. The zero-order chi connectivity index (χ0) is 15.2. The van der Waals surface area contributed by atoms with Crippen molar-refractivity contribution >= 4 is 40.1 Å². The fourth-order valence-electron chi connectivity index (χ4n) is 2.74. The van der Waals surface area contributed by atoms with Crippen LogP contribution in [0.3, 0.4) is 0 Å². The molecule has 1 amide bonds. The fraction of sp³-hybridized carbons (Fsp3) is 0.562. The number of nitrogens with one attached hydrogen (secondary N) is 1. The third-order valence-electron chi connectivity index (χ3n) is 4.02. The molecule has 3 nitrogen and oxygen atoms in total. The molecular weight excluding hydrogens is 399 g/mol. The predicted molar refractivity (Wildman–Crippen MR) is 96.0 cm³/mol. The van der Waals surface area contributed by atoms with Gasteiger partial charge >= 0.3 is 0 Å². The third-order valence-corrected chi connectivity index (χ3v) is 5.15. The molecule has 21 heavy (non-hydrogen) atoms. The van der Waals surface area contributed by atoms with Gasteiger partial charge in [-0.05, 0) is 73.5 Å². The van der Waals surface area contributed by atoms with Crippen LogP contribution in [0.2, 0.25) is 5.02 Å². The molecule has 1 aliphatic rings. The molecule has 116 valence electrons. The SMILES string of the molecule is C[C@H]1CCCCN1CCCNC(=O)c1ccc(Cl)cc1I. The van der Waals surface area contributed by atoms with Gasteiger partial charge in [0.1, 0.15) is 0 Å². The van der Waals surface area contributed by atoms with E-state index in [1.54, 1.807) is 12.1 Å². The Balaban J connectivity index is 1.74. The normalized spacial score (nSPS) is 19.5. The lowest BCUT2D eigenvalue weighted by atomic mass is 10.0. The number of hydrogen-bond donors (Lipinski definition) is 1. The number of piperidine rings is 1. The minimum absolute atomic E-state index is 0.0113. The van der Waals surface area contributed by atoms with Crippen LogP contribution in [0.5, 0.6) is 0 Å². The maximum absolute atomic E-state index is 12.1. The molecule has 5 heteroatoms. The van der Waals surface area contributed by atoms with E-state index in [1.807, 2.05) is 6.07 Å². The largest absolute Gasteiger partial charge is 0.352 e. The molecule has 1 heterocycles. The van der Waals surface area contributed by atoms with Crippen LogP contribution >= 0.6 is 34.2 Å². The lowest BCUT2D eigenvalue weighted by Gasteiger charge is -2.33. The van der Waals surface area contributed by atoms with Gasteiger partial charge in [-0.3, -0.25) is 4.79 Å². The van der Waals surface area contributed by atoms with Crippen LogP contribution in [0.15, 0.2) is 18.2 Å². The summed E-state index contributed by atoms with van der Waals surface area (Å²) in [6.07, 6.45) is 4.96. The molecule has 0 bridgehead atoms. The van der Waals surface area contributed by atoms with Crippen LogP contribution in [-0.2, 0) is 0 Å². The van der Waals surface area contributed by atoms with Crippen molar-refractivity contribution in [2.24, 2.45) is 0 Å². The van der Waals surface area contributed by atoms with Gasteiger partial charge in [-0.2, -0.15) is 0 Å². The quantitative estimate of drug-likeness (QED) is 0.578. The van der Waals surface area contributed by atoms with Gasteiger partial charge < -0.3 is 10.2 Å². The number of rotatable bonds is 5. The summed E-state index contributed by atoms with van der Waals surface area (Å²) in [4.78, 5) is 14.6. The summed E-state index contributed by atoms with van der Waals surface area (Å²) >= 11 is 8.05. The van der Waals surface area contributed by atoms with Crippen LogP contribution in [0.1, 0.15) is 43.0 Å². The molecule has 1 N–H and O–H groups in total. The highest BCUT2D eigenvalue weighted by atomic mass is 127. The Morgan fingerprint density at radius 3 is 3.00 bits per heavy atom. The number of halogens is 2. The van der Waals surface area contributed by atoms with Gasteiger partial charge in [0.2, 0.25) is 0 Å². The van der Waals surface area contributed by atoms with E-state index in [0.717, 1.165) is 23.1 Å². The first-order valence-corrected chi connectivity index (χ1v) is 9.01. The summed E-state index contributed by atoms with van der Waals surface area (Å²) < 4.78 is 0.891. The van der Waals surface area contributed by atoms with Crippen LogP contribution in [0.25, 0.3) is 0 Å². The minimum atomic E-state index is -0.0113. The molecule has 0 radical (unpaired) electrons. The van der Waals surface area contributed by atoms with E-state index in [4.69, 9.17) is 11.6 Å². The maximum Gasteiger partial charge on any atom is 0.252 e. The molecule has 0 unspecified atom stereocenters. The van der Waals surface area contributed by atoms with Gasteiger partial charge in [-0.1, -0.05) is 18.0 Å². The summed E-state index contributed by atoms with van der Waals surface area (Å²) in [5.41, 5.74) is 0.700. The lowest BCUT2D eigenvalue weighted by Crippen LogP contribution is -2.39. The number of benzene rings is 1. The highest BCUT2D eigenvalue weighted by molar-refractivity contribution is 14.1. The topological polar surface area (TPSA) is 32.3 Å². The van der Waals surface area contributed by atoms with Crippen molar-refractivity contribution in [3.05, 3.63) is 32.4 Å². The van der Waals surface area contributed by atoms with Crippen LogP contribution < -0.4 is 5.32 Å². The molecule has 1 atom stereocenters. The molecule has 1 aromatic carbocycles. The molecular formula is C16H22ClIN2O. The zero-order valence-electron chi connectivity index (χ0n) is 12.4. The van der Waals surface area contributed by atoms with E-state index < -0.39 is 0 Å². The minimum Gasteiger partial charge on any atom is -0.352 e. The Kier molecular flexibility index (Phi) is 6.76. The first-order valence-electron chi connectivity index (χ1n) is 7.55. The fourth-order valence-corrected chi connectivity index (χ4v) is 3.86. The Labute approximate surface area is 145 Å². The van der Waals surface area contributed by atoms with Crippen molar-refractivity contribution in [3.63, 3.8) is 0 Å². The van der Waals surface area contributed by atoms with Gasteiger partial charge in [0.15, 0.2) is 0 Å². The lowest BCUT2D eigenvalue weighted by molar-refractivity contribution is 0.0948. The predicted octanol–water partition coefficient (Wildman–Crippen LogP) is 3.94. The van der Waals surface area contributed by atoms with Crippen molar-refractivity contribution in [2.75, 3.05) is 19.6 Å². The summed E-state index contributed by atoms with van der Waals surface area (Å²) in [6.45, 7) is 5.29. The van der Waals surface area contributed by atoms with Gasteiger partial charge in [0.25, 0.3) is 5.91 Å². The van der Waals surface area contributed by atoms with Crippen molar-refractivity contribution in [2.45, 2.75) is 38.6 Å². The summed E-state index contributed by atoms with van der Waals surface area (Å²) in [5.74, 6) is -0.0113. The van der Waals surface area contributed by atoms with Gasteiger partial charge in [0, 0.05) is 27.7 Å². The Morgan fingerprint density at radius 2 is 2.29 bits per heavy atom. The second kappa shape index (κ2) is 8.34. The molecule has 0 spiro atoms. The molecule has 0 saturated carbocycles. The van der Waals surface area contributed by atoms with Gasteiger partial charge in [0.05, 0.1) is 5.56 Å². The van der Waals surface area contributed by atoms with E-state index in [1.165, 1.54) is 25.8 Å². The van der Waals surface area contributed by atoms with Crippen molar-refractivity contribution in [1.29, 1.82) is 0 Å². The first-order chi connectivity index (χ1) is 10.1. The monoisotopic (exact) mass is 420 g/mol. The van der Waals surface area contributed by atoms with E-state index >= 15 is 0 Å². The van der Waals surface area contributed by atoms with Crippen molar-refractivity contribution in [1.82, 2.24) is 10.2 Å². The number of carbonyl (C=O) groups is 1. The number of carbonyl (C=O) groups excluding carboxylic acids is 1. The standard InChI is InChI=1S/C16H22ClIN2O/c1-12-5-2-3-9-20(12)10-4-8-19-16(21)14-7-6-13(17)11-15(14)18/h6-7,11-12H,2-5,8-10H2,1H3,(H,19,21)/t12-/m0/s1. The average Bonchev–Trinajstić information content (AvgIpc) is 2.45. The van der Waals surface area contributed by atoms with Gasteiger partial charge in [-0.25, -0.2) is 0 Å². The smallest absolute Gasteiger partial charge is 0.252 e. The van der Waals surface area contributed by atoms with Crippen LogP contribution in [0.4, 0.5) is 0 Å². The van der Waals surface area contributed by atoms with Crippen LogP contribution in [-0.4, -0.2) is 36.5 Å². The van der Waals surface area contributed by atoms with Crippen molar-refractivity contribution in [3.8, 4) is 0 Å². The van der Waals surface area contributed by atoms with Crippen LogP contribution in [0, 0.1) is 3.57 Å². The second-order valence-electron chi connectivity index (χ2n) is 5.61. The zero-order valence-corrected chi connectivity index (χ0v) is 15.3. The van der Waals surface area contributed by atoms with E-state index in [0.29, 0.717) is 16.6 Å². The Morgan fingerprint density at radius 1 is 1.48 bits per heavy atom. The Bertz CT molecular complexity index is 495. The highest BCUT2D eigenvalue weighted by Gasteiger charge is 2.17. The number of amides is 1. The maximum atomic E-state index is 12.1. The molecule has 2 rings (SSSR count). The average molecular weight is 421 g/mol. The molecule has 1 aliphatic heterocycles. The van der Waals surface area contributed by atoms with Gasteiger partial charge in [-0.15, -0.1) is 0 Å². The number of likely N-dealkylation sites (tertiary alicyclic amines) is 1. The molecule has 1 fully saturated rings. The summed E-state index contributed by atoms with van der Waals surface area (Å²) in [5, 5.41) is 3.66. The van der Waals surface area contributed by atoms with Crippen molar-refractivity contribution < 1.29 is 4.79 Å². The molecule has 1 saturated heterocycles. The summed E-state index contributed by atoms with van der Waals surface area (Å²) in [7, 11) is 0. The second-order valence-corrected chi connectivity index (χ2v) is 7.21. The first kappa shape index (κ1) is 17.0. The number of nitrogens with zero attached hydrogens (tertiary/aromatic N) is 1. The van der Waals surface area contributed by atoms with E-state index in [9.17, 15) is 4.79 Å². The highest BCUT2D eigenvalue weighted by Crippen LogP contribution is 2.18. The number of hydrogen-bond acceptors (Lipinski definition) is 2. The molecule has 1 aromatic rings. The summed E-state index contributed by atoms with van der Waals surface area (Å²) in [6, 6.07) is 6.04. The van der Waals surface area contributed by atoms with E-state index in [2.05, 4.69) is 39.7 Å². The van der Waals surface area contributed by atoms with E-state index in [-0.39, 0.29) is 5.91 Å². The third kappa shape index (κ3) is 5.11. The molecule has 0 aliphatic carbocycles. The molecule has 0 aromatic heterocycles.